The summed E-state index contributed by atoms with van der Waals surface area (Å²) in [5.41, 5.74) is 0. The highest BCUT2D eigenvalue weighted by Crippen LogP contribution is 2.12. The van der Waals surface area contributed by atoms with Crippen molar-refractivity contribution in [1.29, 1.82) is 10.8 Å². The number of rotatable bonds is 9. The molecule has 0 bridgehead atoms. The largest absolute Gasteiger partial charge is 0.505 e. The molecular weight excluding hydrogens is 248 g/mol. The van der Waals surface area contributed by atoms with E-state index in [9.17, 15) is 0 Å². The SMILES string of the molecule is CC(CCCCCC/C(O)=C\[N+]#N)O/C(O)=C/[N+]#N. The van der Waals surface area contributed by atoms with Crippen molar-refractivity contribution in [2.75, 3.05) is 0 Å². The lowest BCUT2D eigenvalue weighted by molar-refractivity contribution is 0.0366. The third kappa shape index (κ3) is 10.6. The van der Waals surface area contributed by atoms with E-state index in [1.165, 1.54) is 0 Å². The lowest BCUT2D eigenvalue weighted by Crippen LogP contribution is -2.07. The summed E-state index contributed by atoms with van der Waals surface area (Å²) in [7, 11) is 0. The van der Waals surface area contributed by atoms with Gasteiger partial charge in [-0.05, 0) is 26.2 Å². The highest BCUT2D eigenvalue weighted by molar-refractivity contribution is 4.95. The van der Waals surface area contributed by atoms with E-state index >= 15 is 0 Å². The molecule has 0 rings (SSSR count). The fourth-order valence-corrected chi connectivity index (χ4v) is 1.57. The monoisotopic (exact) mass is 268 g/mol. The number of unbranched alkanes of at least 4 members (excludes halogenated alkanes) is 3. The molecule has 0 amide bonds. The van der Waals surface area contributed by atoms with Crippen LogP contribution in [0.25, 0.3) is 9.95 Å². The maximum atomic E-state index is 9.17. The summed E-state index contributed by atoms with van der Waals surface area (Å²) in [5, 5.41) is 34.6. The van der Waals surface area contributed by atoms with Gasteiger partial charge in [-0.3, -0.25) is 0 Å². The summed E-state index contributed by atoms with van der Waals surface area (Å²) in [6.07, 6.45) is 6.65. The Balaban J connectivity index is 3.55. The van der Waals surface area contributed by atoms with Gasteiger partial charge in [-0.15, -0.1) is 0 Å². The fraction of sp³-hybridized carbons (Fsp3) is 0.667. The molecule has 0 aromatic carbocycles. The van der Waals surface area contributed by atoms with Crippen LogP contribution in [0.4, 0.5) is 0 Å². The Morgan fingerprint density at radius 3 is 2.37 bits per heavy atom. The molecule has 2 N–H and O–H groups in total. The zero-order valence-electron chi connectivity index (χ0n) is 11.1. The Kier molecular flexibility index (Phi) is 9.55. The van der Waals surface area contributed by atoms with E-state index in [0.29, 0.717) is 6.42 Å². The van der Waals surface area contributed by atoms with Gasteiger partial charge in [0.1, 0.15) is 0 Å². The van der Waals surface area contributed by atoms with Crippen molar-refractivity contribution in [3.63, 3.8) is 0 Å². The Bertz CT molecular complexity index is 393. The minimum absolute atomic E-state index is 0.0713. The number of nitrogens with zero attached hydrogens (tertiary/aromatic N) is 4. The van der Waals surface area contributed by atoms with Crippen molar-refractivity contribution in [3.8, 4) is 0 Å². The van der Waals surface area contributed by atoms with Crippen LogP contribution < -0.4 is 0 Å². The van der Waals surface area contributed by atoms with Crippen LogP contribution in [-0.2, 0) is 4.74 Å². The number of diazo groups is 2. The smallest absolute Gasteiger partial charge is 0.429 e. The van der Waals surface area contributed by atoms with Gasteiger partial charge in [0.25, 0.3) is 0 Å². The van der Waals surface area contributed by atoms with E-state index in [1.807, 2.05) is 6.92 Å². The Morgan fingerprint density at radius 1 is 1.11 bits per heavy atom. The Morgan fingerprint density at radius 2 is 1.74 bits per heavy atom. The molecule has 0 saturated carbocycles. The van der Waals surface area contributed by atoms with Crippen LogP contribution in [0.2, 0.25) is 0 Å². The molecule has 0 radical (unpaired) electrons. The number of hydrogen-bond acceptors (Lipinski definition) is 5. The van der Waals surface area contributed by atoms with Gasteiger partial charge in [-0.1, -0.05) is 12.8 Å². The molecule has 0 heterocycles. The van der Waals surface area contributed by atoms with Gasteiger partial charge in [0, 0.05) is 6.42 Å². The van der Waals surface area contributed by atoms with Crippen molar-refractivity contribution in [2.24, 2.45) is 0 Å². The first-order valence-corrected chi connectivity index (χ1v) is 6.22. The molecule has 0 saturated heterocycles. The topological polar surface area (TPSA) is 106 Å². The summed E-state index contributed by atoms with van der Waals surface area (Å²) in [5.74, 6) is -0.333. The van der Waals surface area contributed by atoms with Crippen molar-refractivity contribution < 1.29 is 14.9 Å². The maximum Gasteiger partial charge on any atom is 0.429 e. The van der Waals surface area contributed by atoms with Gasteiger partial charge < -0.3 is 14.9 Å². The minimum atomic E-state index is -0.405. The number of allylic oxidation sites excluding steroid dienone is 1. The summed E-state index contributed by atoms with van der Waals surface area (Å²) in [6, 6.07) is 0. The second-order valence-corrected chi connectivity index (χ2v) is 4.20. The maximum absolute atomic E-state index is 9.17. The van der Waals surface area contributed by atoms with Crippen LogP contribution in [0.3, 0.4) is 0 Å². The molecule has 19 heavy (non-hydrogen) atoms. The lowest BCUT2D eigenvalue weighted by Gasteiger charge is -2.11. The number of ether oxygens (including phenoxy) is 1. The first-order valence-electron chi connectivity index (χ1n) is 6.22. The predicted octanol–water partition coefficient (Wildman–Crippen LogP) is 4.19. The van der Waals surface area contributed by atoms with E-state index in [0.717, 1.165) is 44.5 Å². The molecule has 0 aromatic heterocycles. The third-order valence-electron chi connectivity index (χ3n) is 2.49. The highest BCUT2D eigenvalue weighted by Gasteiger charge is 2.08. The fourth-order valence-electron chi connectivity index (χ4n) is 1.57. The molecule has 0 aliphatic heterocycles. The van der Waals surface area contributed by atoms with Crippen LogP contribution >= 0.6 is 0 Å². The summed E-state index contributed by atoms with van der Waals surface area (Å²) in [6.45, 7) is 1.82. The molecule has 104 valence electrons. The second-order valence-electron chi connectivity index (χ2n) is 4.20. The van der Waals surface area contributed by atoms with Gasteiger partial charge in [-0.25, -0.2) is 0 Å². The zero-order valence-corrected chi connectivity index (χ0v) is 11.1. The third-order valence-corrected chi connectivity index (χ3v) is 2.49. The van der Waals surface area contributed by atoms with Crippen LogP contribution in [0.15, 0.2) is 24.1 Å². The van der Waals surface area contributed by atoms with Gasteiger partial charge in [0.15, 0.2) is 15.7 Å². The van der Waals surface area contributed by atoms with Gasteiger partial charge >= 0.3 is 18.3 Å². The van der Waals surface area contributed by atoms with Crippen LogP contribution in [0.1, 0.15) is 45.4 Å². The summed E-state index contributed by atoms with van der Waals surface area (Å²) >= 11 is 0. The minimum Gasteiger partial charge on any atom is -0.505 e. The average molecular weight is 268 g/mol. The molecule has 0 aromatic rings. The van der Waals surface area contributed by atoms with E-state index in [4.69, 9.17) is 25.7 Å². The predicted molar refractivity (Wildman–Crippen MR) is 69.8 cm³/mol. The molecule has 1 atom stereocenters. The normalized spacial score (nSPS) is 13.4. The standard InChI is InChI=1S/C12H18N4O3/c1-10(19-12(18)9-16-14)6-4-2-3-5-7-11(17)8-15-13/h8-10H,2-7H2,1H3/p+2/b11-8+,12-9+. The molecule has 0 aliphatic rings. The second kappa shape index (κ2) is 10.8. The molecule has 7 heteroatoms. The van der Waals surface area contributed by atoms with Crippen LogP contribution in [-0.4, -0.2) is 16.3 Å². The van der Waals surface area contributed by atoms with Gasteiger partial charge in [0.05, 0.1) is 6.10 Å². The lowest BCUT2D eigenvalue weighted by atomic mass is 10.1. The van der Waals surface area contributed by atoms with Crippen LogP contribution in [0, 0.1) is 10.8 Å². The summed E-state index contributed by atoms with van der Waals surface area (Å²) < 4.78 is 5.04. The van der Waals surface area contributed by atoms with E-state index in [-0.39, 0.29) is 11.9 Å². The van der Waals surface area contributed by atoms with E-state index < -0.39 is 5.95 Å². The van der Waals surface area contributed by atoms with Gasteiger partial charge in [0.2, 0.25) is 10.8 Å². The molecule has 0 spiro atoms. The molecular formula is C12H20N4O3+2. The number of aliphatic hydroxyl groups excluding tert-OH is 2. The van der Waals surface area contributed by atoms with Crippen molar-refractivity contribution in [2.45, 2.75) is 51.6 Å². The Hall–Kier alpha value is -2.28. The Labute approximate surface area is 112 Å². The average Bonchev–Trinajstić information content (AvgIpc) is 2.34. The number of hydrogen-bond donors (Lipinski definition) is 2. The molecule has 1 unspecified atom stereocenters. The highest BCUT2D eigenvalue weighted by atomic mass is 16.6. The quantitative estimate of drug-likeness (QED) is 0.370. The molecule has 0 aliphatic carbocycles. The van der Waals surface area contributed by atoms with Gasteiger partial charge in [-0.2, -0.15) is 0 Å². The van der Waals surface area contributed by atoms with Crippen molar-refractivity contribution in [1.82, 2.24) is 0 Å². The van der Waals surface area contributed by atoms with Crippen LogP contribution in [0.5, 0.6) is 0 Å². The summed E-state index contributed by atoms with van der Waals surface area (Å²) in [4.78, 5) is 5.38. The zero-order chi connectivity index (χ0) is 14.5. The first kappa shape index (κ1) is 16.7. The number of aliphatic hydroxyl groups is 2. The van der Waals surface area contributed by atoms with Crippen molar-refractivity contribution in [3.05, 3.63) is 34.1 Å². The van der Waals surface area contributed by atoms with E-state index in [2.05, 4.69) is 9.95 Å². The first-order chi connectivity index (χ1) is 9.10. The van der Waals surface area contributed by atoms with Crippen molar-refractivity contribution >= 4 is 0 Å². The van der Waals surface area contributed by atoms with E-state index in [1.54, 1.807) is 0 Å². The molecule has 0 fully saturated rings. The molecule has 7 nitrogen and oxygen atoms in total.